The summed E-state index contributed by atoms with van der Waals surface area (Å²) in [5, 5.41) is 10.1. The van der Waals surface area contributed by atoms with Crippen molar-refractivity contribution in [2.75, 3.05) is 6.61 Å². The molecule has 1 rings (SSSR count). The Labute approximate surface area is 140 Å². The van der Waals surface area contributed by atoms with E-state index in [9.17, 15) is 9.90 Å². The van der Waals surface area contributed by atoms with E-state index in [0.717, 1.165) is 11.1 Å². The van der Waals surface area contributed by atoms with E-state index in [2.05, 4.69) is 6.07 Å². The van der Waals surface area contributed by atoms with Crippen molar-refractivity contribution >= 4 is 5.78 Å². The van der Waals surface area contributed by atoms with E-state index in [-0.39, 0.29) is 57.6 Å². The Bertz CT molecular complexity index is 396. The maximum atomic E-state index is 12.0. The molecule has 0 aliphatic carbocycles. The minimum Gasteiger partial charge on any atom is -0.380 e. The molecular weight excluding hydrogens is 317 g/mol. The summed E-state index contributed by atoms with van der Waals surface area (Å²) in [6.07, 6.45) is 0.197. The van der Waals surface area contributed by atoms with Crippen molar-refractivity contribution in [3.8, 4) is 0 Å². The molecule has 103 valence electrons. The number of carbonyl (C=O) groups is 1. The number of Topliss-reactive ketones (excluding diaryl/α,β-unsaturated/α-hetero) is 1. The molecule has 1 N–H and O–H groups in total. The number of benzene rings is 1. The Balaban J connectivity index is 0.00000324. The summed E-state index contributed by atoms with van der Waals surface area (Å²) in [5.74, 6) is -0.236. The van der Waals surface area contributed by atoms with Crippen molar-refractivity contribution in [3.63, 3.8) is 0 Å². The quantitative estimate of drug-likeness (QED) is 0.808. The van der Waals surface area contributed by atoms with Crippen molar-refractivity contribution in [2.24, 2.45) is 0 Å². The molecule has 0 saturated carbocycles. The standard InChI is InChI=1S/C15H21O3.Y/c1-11(2)18-10-15(4,17)14(16)9-13-7-5-12(3)6-8-13;/h5,7-8,11,17H,9-10H2,1-4H3;/q-1;/t15-;/m1./s1. The average Bonchev–Trinajstić information content (AvgIpc) is 2.29. The molecule has 19 heavy (non-hydrogen) atoms. The Kier molecular flexibility index (Phi) is 8.22. The van der Waals surface area contributed by atoms with Crippen molar-refractivity contribution < 1.29 is 47.3 Å². The zero-order valence-electron chi connectivity index (χ0n) is 12.1. The van der Waals surface area contributed by atoms with E-state index >= 15 is 0 Å². The van der Waals surface area contributed by atoms with E-state index in [1.54, 1.807) is 6.07 Å². The van der Waals surface area contributed by atoms with Crippen LogP contribution < -0.4 is 0 Å². The molecular formula is C15H21O3Y-. The zero-order valence-corrected chi connectivity index (χ0v) is 14.9. The van der Waals surface area contributed by atoms with Crippen LogP contribution in [0.1, 0.15) is 31.9 Å². The van der Waals surface area contributed by atoms with Gasteiger partial charge in [-0.3, -0.25) is 4.79 Å². The Morgan fingerprint density at radius 2 is 2.11 bits per heavy atom. The third-order valence-electron chi connectivity index (χ3n) is 2.70. The number of ether oxygens (including phenoxy) is 1. The number of ketones is 1. The summed E-state index contributed by atoms with van der Waals surface area (Å²) in [6, 6.07) is 8.61. The van der Waals surface area contributed by atoms with Gasteiger partial charge in [0.15, 0.2) is 5.78 Å². The van der Waals surface area contributed by atoms with Crippen LogP contribution in [0.2, 0.25) is 0 Å². The molecule has 0 heterocycles. The van der Waals surface area contributed by atoms with Gasteiger partial charge in [-0.15, -0.1) is 5.56 Å². The van der Waals surface area contributed by atoms with Gasteiger partial charge in [-0.25, -0.2) is 0 Å². The minimum atomic E-state index is -1.44. The van der Waals surface area contributed by atoms with Crippen LogP contribution in [0.15, 0.2) is 18.2 Å². The van der Waals surface area contributed by atoms with Crippen LogP contribution >= 0.6 is 0 Å². The molecule has 4 heteroatoms. The first-order valence-corrected chi connectivity index (χ1v) is 6.16. The van der Waals surface area contributed by atoms with E-state index in [1.165, 1.54) is 6.92 Å². The smallest absolute Gasteiger partial charge is 0.159 e. The van der Waals surface area contributed by atoms with Gasteiger partial charge < -0.3 is 9.84 Å². The largest absolute Gasteiger partial charge is 0.380 e. The van der Waals surface area contributed by atoms with E-state index in [1.807, 2.05) is 32.9 Å². The predicted molar refractivity (Wildman–Crippen MR) is 70.4 cm³/mol. The number of hydrogen-bond donors (Lipinski definition) is 1. The van der Waals surface area contributed by atoms with Gasteiger partial charge in [0.2, 0.25) is 0 Å². The van der Waals surface area contributed by atoms with E-state index < -0.39 is 5.60 Å². The van der Waals surface area contributed by atoms with Crippen molar-refractivity contribution in [1.29, 1.82) is 0 Å². The number of hydrogen-bond acceptors (Lipinski definition) is 3. The monoisotopic (exact) mass is 338 g/mol. The molecule has 0 aromatic heterocycles. The first-order chi connectivity index (χ1) is 8.31. The van der Waals surface area contributed by atoms with Crippen LogP contribution in [0, 0.1) is 13.0 Å². The number of rotatable bonds is 6. The molecule has 0 fully saturated rings. The number of carbonyl (C=O) groups excluding carboxylic acids is 1. The van der Waals surface area contributed by atoms with Crippen molar-refractivity contribution in [2.45, 2.75) is 45.8 Å². The first-order valence-electron chi connectivity index (χ1n) is 6.16. The normalized spacial score (nSPS) is 13.8. The molecule has 1 atom stereocenters. The van der Waals surface area contributed by atoms with Crippen LogP contribution in [0.5, 0.6) is 0 Å². The third-order valence-corrected chi connectivity index (χ3v) is 2.70. The van der Waals surface area contributed by atoms with Gasteiger partial charge in [0.25, 0.3) is 0 Å². The maximum Gasteiger partial charge on any atom is 0.159 e. The Morgan fingerprint density at radius 1 is 1.47 bits per heavy atom. The summed E-state index contributed by atoms with van der Waals surface area (Å²) < 4.78 is 5.31. The van der Waals surface area contributed by atoms with Crippen LogP contribution in [-0.4, -0.2) is 29.2 Å². The van der Waals surface area contributed by atoms with Crippen LogP contribution in [0.25, 0.3) is 0 Å². The first kappa shape index (κ1) is 18.9. The van der Waals surface area contributed by atoms with Gasteiger partial charge in [0, 0.05) is 32.7 Å². The van der Waals surface area contributed by atoms with Crippen molar-refractivity contribution in [1.82, 2.24) is 0 Å². The maximum absolute atomic E-state index is 12.0. The predicted octanol–water partition coefficient (Wildman–Crippen LogP) is 2.08. The fraction of sp³-hybridized carbons (Fsp3) is 0.533. The molecule has 0 aliphatic rings. The summed E-state index contributed by atoms with van der Waals surface area (Å²) in [7, 11) is 0. The molecule has 0 bridgehead atoms. The molecule has 0 spiro atoms. The van der Waals surface area contributed by atoms with Gasteiger partial charge >= 0.3 is 0 Å². The second-order valence-corrected chi connectivity index (χ2v) is 5.11. The third kappa shape index (κ3) is 6.76. The van der Waals surface area contributed by atoms with Crippen molar-refractivity contribution in [3.05, 3.63) is 35.4 Å². The Morgan fingerprint density at radius 3 is 2.58 bits per heavy atom. The van der Waals surface area contributed by atoms with Gasteiger partial charge in [0.1, 0.15) is 5.60 Å². The van der Waals surface area contributed by atoms with Gasteiger partial charge in [-0.05, 0) is 27.2 Å². The topological polar surface area (TPSA) is 46.5 Å². The fourth-order valence-corrected chi connectivity index (χ4v) is 1.43. The van der Waals surface area contributed by atoms with Crippen LogP contribution in [0.3, 0.4) is 0 Å². The summed E-state index contributed by atoms with van der Waals surface area (Å²) in [6.45, 7) is 7.21. The van der Waals surface area contributed by atoms with Crippen LogP contribution in [-0.2, 0) is 48.7 Å². The SMILES string of the molecule is Cc1[c-]cc(CC(=O)[C@](C)(O)COC(C)C)cc1.[Y]. The molecule has 0 aliphatic heterocycles. The molecule has 1 aromatic rings. The Hall–Kier alpha value is -0.0861. The second kappa shape index (κ2) is 8.26. The summed E-state index contributed by atoms with van der Waals surface area (Å²) >= 11 is 0. The molecule has 1 radical (unpaired) electrons. The average molecular weight is 338 g/mol. The number of aliphatic hydroxyl groups is 1. The van der Waals surface area contributed by atoms with Crippen LogP contribution in [0.4, 0.5) is 0 Å². The molecule has 0 amide bonds. The zero-order chi connectivity index (χ0) is 13.8. The summed E-state index contributed by atoms with van der Waals surface area (Å²) in [4.78, 5) is 12.0. The fourth-order valence-electron chi connectivity index (χ4n) is 1.43. The minimum absolute atomic E-state index is 0. The van der Waals surface area contributed by atoms with Gasteiger partial charge in [-0.2, -0.15) is 29.8 Å². The second-order valence-electron chi connectivity index (χ2n) is 5.11. The van der Waals surface area contributed by atoms with E-state index in [0.29, 0.717) is 0 Å². The number of aryl methyl sites for hydroxylation is 1. The van der Waals surface area contributed by atoms with E-state index in [4.69, 9.17) is 4.74 Å². The van der Waals surface area contributed by atoms with Gasteiger partial charge in [-0.1, -0.05) is 6.92 Å². The molecule has 0 saturated heterocycles. The van der Waals surface area contributed by atoms with Gasteiger partial charge in [0.05, 0.1) is 12.7 Å². The summed E-state index contributed by atoms with van der Waals surface area (Å²) in [5.41, 5.74) is 0.450. The molecule has 1 aromatic carbocycles. The molecule has 0 unspecified atom stereocenters. The molecule has 3 nitrogen and oxygen atoms in total.